The molecule has 1 N–H and O–H groups in total. The number of anilines is 1. The Kier molecular flexibility index (Phi) is 5.44. The average molecular weight is 396 g/mol. The van der Waals surface area contributed by atoms with E-state index in [1.54, 1.807) is 10.9 Å². The number of benzene rings is 3. The number of carbonyl (C=O) groups excluding carboxylic acids is 1. The van der Waals surface area contributed by atoms with Crippen LogP contribution in [0.15, 0.2) is 72.8 Å². The predicted molar refractivity (Wildman–Crippen MR) is 122 cm³/mol. The summed E-state index contributed by atoms with van der Waals surface area (Å²) in [6, 6.07) is 21.8. The highest BCUT2D eigenvalue weighted by Gasteiger charge is 2.10. The third kappa shape index (κ3) is 4.30. The highest BCUT2D eigenvalue weighted by molar-refractivity contribution is 6.03. The second-order valence-electron chi connectivity index (χ2n) is 7.62. The van der Waals surface area contributed by atoms with Gasteiger partial charge in [0.25, 0.3) is 0 Å². The monoisotopic (exact) mass is 396 g/mol. The van der Waals surface area contributed by atoms with Gasteiger partial charge in [-0.3, -0.25) is 4.79 Å². The number of nitrogens with one attached hydrogen (secondary N) is 1. The van der Waals surface area contributed by atoms with Gasteiger partial charge in [-0.15, -0.1) is 10.2 Å². The van der Waals surface area contributed by atoms with E-state index in [0.29, 0.717) is 5.92 Å². The van der Waals surface area contributed by atoms with Crippen LogP contribution >= 0.6 is 0 Å². The van der Waals surface area contributed by atoms with Crippen LogP contribution in [-0.2, 0) is 4.79 Å². The molecule has 0 bridgehead atoms. The molecule has 3 aromatic carbocycles. The lowest BCUT2D eigenvalue weighted by atomic mass is 10.0. The number of rotatable bonds is 5. The number of hydrogen-bond acceptors (Lipinski definition) is 3. The molecule has 0 spiro atoms. The summed E-state index contributed by atoms with van der Waals surface area (Å²) in [5.74, 6) is 0.298. The summed E-state index contributed by atoms with van der Waals surface area (Å²) in [4.78, 5) is 14.0. The van der Waals surface area contributed by atoms with Gasteiger partial charge < -0.3 is 5.32 Å². The van der Waals surface area contributed by atoms with Crippen LogP contribution in [0, 0.1) is 6.92 Å². The summed E-state index contributed by atoms with van der Waals surface area (Å²) in [5.41, 5.74) is 6.35. The third-order valence-corrected chi connectivity index (χ3v) is 5.00. The van der Waals surface area contributed by atoms with E-state index in [-0.39, 0.29) is 5.91 Å². The van der Waals surface area contributed by atoms with Crippen molar-refractivity contribution in [3.8, 4) is 5.69 Å². The molecular weight excluding hydrogens is 372 g/mol. The van der Waals surface area contributed by atoms with E-state index >= 15 is 0 Å². The van der Waals surface area contributed by atoms with Gasteiger partial charge >= 0.3 is 0 Å². The molecule has 5 heteroatoms. The van der Waals surface area contributed by atoms with Gasteiger partial charge in [0, 0.05) is 11.8 Å². The summed E-state index contributed by atoms with van der Waals surface area (Å²) >= 11 is 0. The first-order valence-electron chi connectivity index (χ1n) is 10.0. The van der Waals surface area contributed by atoms with E-state index < -0.39 is 0 Å². The summed E-state index contributed by atoms with van der Waals surface area (Å²) in [6.07, 6.45) is 3.33. The van der Waals surface area contributed by atoms with Gasteiger partial charge in [-0.25, -0.2) is 0 Å². The Morgan fingerprint density at radius 3 is 2.30 bits per heavy atom. The molecular formula is C25H24N4O. The fourth-order valence-electron chi connectivity index (χ4n) is 3.22. The molecule has 4 aromatic rings. The minimum atomic E-state index is -0.182. The number of carbonyl (C=O) groups is 1. The standard InChI is InChI=1S/C25H24N4O/c1-17(2)20-10-12-21(13-11-20)29-27-23-15-18(3)22(16-24(23)28-29)26-25(30)14-9-19-7-5-4-6-8-19/h4-17H,1-3H3,(H,26,30)/b14-9+. The lowest BCUT2D eigenvalue weighted by Crippen LogP contribution is -2.08. The van der Waals surface area contributed by atoms with Gasteiger partial charge in [-0.05, 0) is 59.9 Å². The molecule has 30 heavy (non-hydrogen) atoms. The van der Waals surface area contributed by atoms with Gasteiger partial charge in [0.2, 0.25) is 5.91 Å². The Bertz CT molecular complexity index is 1210. The molecule has 4 rings (SSSR count). The van der Waals surface area contributed by atoms with Gasteiger partial charge in [-0.2, -0.15) is 4.80 Å². The Hall–Kier alpha value is -3.73. The first kappa shape index (κ1) is 19.6. The van der Waals surface area contributed by atoms with Crippen molar-refractivity contribution in [2.45, 2.75) is 26.7 Å². The zero-order valence-electron chi connectivity index (χ0n) is 17.3. The molecule has 0 aliphatic carbocycles. The Morgan fingerprint density at radius 1 is 0.967 bits per heavy atom. The number of amides is 1. The number of aryl methyl sites for hydroxylation is 1. The molecule has 1 amide bonds. The summed E-state index contributed by atoms with van der Waals surface area (Å²) in [5, 5.41) is 12.1. The van der Waals surface area contributed by atoms with Crippen molar-refractivity contribution in [2.75, 3.05) is 5.32 Å². The lowest BCUT2D eigenvalue weighted by molar-refractivity contribution is -0.111. The maximum absolute atomic E-state index is 12.3. The number of aromatic nitrogens is 3. The normalized spacial score (nSPS) is 11.5. The minimum Gasteiger partial charge on any atom is -0.322 e. The largest absolute Gasteiger partial charge is 0.322 e. The highest BCUT2D eigenvalue weighted by atomic mass is 16.1. The molecule has 0 radical (unpaired) electrons. The van der Waals surface area contributed by atoms with Crippen LogP contribution < -0.4 is 5.32 Å². The molecule has 0 fully saturated rings. The van der Waals surface area contributed by atoms with Gasteiger partial charge in [0.05, 0.1) is 5.69 Å². The van der Waals surface area contributed by atoms with E-state index in [1.807, 2.05) is 61.5 Å². The van der Waals surface area contributed by atoms with Crippen molar-refractivity contribution >= 4 is 28.7 Å². The smallest absolute Gasteiger partial charge is 0.248 e. The Morgan fingerprint density at radius 2 is 1.63 bits per heavy atom. The lowest BCUT2D eigenvalue weighted by Gasteiger charge is -2.05. The Labute approximate surface area is 176 Å². The van der Waals surface area contributed by atoms with E-state index in [4.69, 9.17) is 0 Å². The SMILES string of the molecule is Cc1cc2nn(-c3ccc(C(C)C)cc3)nc2cc1NC(=O)/C=C/c1ccccc1. The van der Waals surface area contributed by atoms with E-state index in [9.17, 15) is 4.79 Å². The van der Waals surface area contributed by atoms with Crippen molar-refractivity contribution in [2.24, 2.45) is 0 Å². The molecule has 1 heterocycles. The van der Waals surface area contributed by atoms with E-state index in [2.05, 4.69) is 41.5 Å². The second-order valence-corrected chi connectivity index (χ2v) is 7.62. The molecule has 150 valence electrons. The van der Waals surface area contributed by atoms with Crippen LogP contribution in [0.3, 0.4) is 0 Å². The fraction of sp³-hybridized carbons (Fsp3) is 0.160. The first-order chi connectivity index (χ1) is 14.5. The number of hydrogen-bond donors (Lipinski definition) is 1. The van der Waals surface area contributed by atoms with E-state index in [1.165, 1.54) is 11.6 Å². The van der Waals surface area contributed by atoms with Crippen LogP contribution in [0.2, 0.25) is 0 Å². The number of nitrogens with zero attached hydrogens (tertiary/aromatic N) is 3. The predicted octanol–water partition coefficient (Wildman–Crippen LogP) is 5.50. The average Bonchev–Trinajstić information content (AvgIpc) is 3.16. The maximum Gasteiger partial charge on any atom is 0.248 e. The summed E-state index contributed by atoms with van der Waals surface area (Å²) < 4.78 is 0. The molecule has 0 saturated carbocycles. The van der Waals surface area contributed by atoms with Gasteiger partial charge in [0.1, 0.15) is 11.0 Å². The van der Waals surface area contributed by atoms with Crippen molar-refractivity contribution < 1.29 is 4.79 Å². The third-order valence-electron chi connectivity index (χ3n) is 5.00. The van der Waals surface area contributed by atoms with Crippen LogP contribution in [0.25, 0.3) is 22.8 Å². The quantitative estimate of drug-likeness (QED) is 0.453. The van der Waals surface area contributed by atoms with Crippen LogP contribution in [0.1, 0.15) is 36.5 Å². The first-order valence-corrected chi connectivity index (χ1v) is 10.0. The Balaban J connectivity index is 1.56. The van der Waals surface area contributed by atoms with Crippen molar-refractivity contribution in [3.05, 3.63) is 89.5 Å². The number of fused-ring (bicyclic) bond motifs is 1. The topological polar surface area (TPSA) is 59.8 Å². The molecule has 0 unspecified atom stereocenters. The molecule has 5 nitrogen and oxygen atoms in total. The van der Waals surface area contributed by atoms with Crippen molar-refractivity contribution in [1.29, 1.82) is 0 Å². The van der Waals surface area contributed by atoms with Crippen molar-refractivity contribution in [3.63, 3.8) is 0 Å². The zero-order chi connectivity index (χ0) is 21.1. The van der Waals surface area contributed by atoms with Crippen LogP contribution in [0.5, 0.6) is 0 Å². The zero-order valence-corrected chi connectivity index (χ0v) is 17.3. The fourth-order valence-corrected chi connectivity index (χ4v) is 3.22. The van der Waals surface area contributed by atoms with Crippen LogP contribution in [0.4, 0.5) is 5.69 Å². The highest BCUT2D eigenvalue weighted by Crippen LogP contribution is 2.23. The molecule has 0 aliphatic heterocycles. The van der Waals surface area contributed by atoms with Crippen molar-refractivity contribution in [1.82, 2.24) is 15.0 Å². The summed E-state index contributed by atoms with van der Waals surface area (Å²) in [7, 11) is 0. The molecule has 0 aliphatic rings. The maximum atomic E-state index is 12.3. The van der Waals surface area contributed by atoms with Gasteiger partial charge in [0.15, 0.2) is 0 Å². The summed E-state index contributed by atoms with van der Waals surface area (Å²) in [6.45, 7) is 6.29. The van der Waals surface area contributed by atoms with E-state index in [0.717, 1.165) is 33.5 Å². The molecule has 0 saturated heterocycles. The van der Waals surface area contributed by atoms with Crippen LogP contribution in [-0.4, -0.2) is 20.9 Å². The van der Waals surface area contributed by atoms with Gasteiger partial charge in [-0.1, -0.05) is 56.3 Å². The second kappa shape index (κ2) is 8.33. The minimum absolute atomic E-state index is 0.182. The molecule has 1 aromatic heterocycles. The molecule has 0 atom stereocenters.